The Labute approximate surface area is 124 Å². The predicted octanol–water partition coefficient (Wildman–Crippen LogP) is 4.26. The lowest BCUT2D eigenvalue weighted by Crippen LogP contribution is -2.18. The van der Waals surface area contributed by atoms with Crippen LogP contribution in [0.25, 0.3) is 0 Å². The van der Waals surface area contributed by atoms with Gasteiger partial charge in [0.15, 0.2) is 0 Å². The molecule has 1 aliphatic rings. The first-order valence-corrected chi connectivity index (χ1v) is 7.35. The molecule has 1 aromatic heterocycles. The fraction of sp³-hybridized carbons (Fsp3) is 0.375. The van der Waals surface area contributed by atoms with Crippen LogP contribution >= 0.6 is 11.6 Å². The fourth-order valence-corrected chi connectivity index (χ4v) is 2.74. The molecule has 104 valence electrons. The summed E-state index contributed by atoms with van der Waals surface area (Å²) in [5.41, 5.74) is 3.56. The minimum absolute atomic E-state index is 0.268. The number of halogens is 1. The van der Waals surface area contributed by atoms with E-state index in [0.29, 0.717) is 5.15 Å². The fourth-order valence-electron chi connectivity index (χ4n) is 2.57. The number of benzene rings is 1. The number of hydrogen-bond donors (Lipinski definition) is 0. The summed E-state index contributed by atoms with van der Waals surface area (Å²) in [6, 6.07) is 8.48. The minimum Gasteiger partial charge on any atom is -0.325 e. The maximum absolute atomic E-state index is 6.29. The largest absolute Gasteiger partial charge is 0.325 e. The molecule has 20 heavy (non-hydrogen) atoms. The van der Waals surface area contributed by atoms with Crippen LogP contribution in [-0.2, 0) is 6.42 Å². The highest BCUT2D eigenvalue weighted by Crippen LogP contribution is 2.36. The van der Waals surface area contributed by atoms with Gasteiger partial charge in [0.25, 0.3) is 0 Å². The topological polar surface area (TPSA) is 29.0 Å². The van der Waals surface area contributed by atoms with Crippen LogP contribution in [0.3, 0.4) is 0 Å². The number of anilines is 2. The monoisotopic (exact) mass is 287 g/mol. The lowest BCUT2D eigenvalue weighted by atomic mass is 10.2. The van der Waals surface area contributed by atoms with Crippen LogP contribution in [0, 0.1) is 6.92 Å². The minimum atomic E-state index is 0.268. The Kier molecular flexibility index (Phi) is 3.38. The van der Waals surface area contributed by atoms with Crippen molar-refractivity contribution in [2.45, 2.75) is 33.1 Å². The smallest absolute Gasteiger partial charge is 0.141 e. The van der Waals surface area contributed by atoms with E-state index in [1.807, 2.05) is 6.92 Å². The molecule has 0 amide bonds. The van der Waals surface area contributed by atoms with E-state index in [1.165, 1.54) is 11.3 Å². The van der Waals surface area contributed by atoms with E-state index in [2.05, 4.69) is 48.0 Å². The average Bonchev–Trinajstić information content (AvgIpc) is 2.85. The Morgan fingerprint density at radius 1 is 1.20 bits per heavy atom. The molecule has 0 unspecified atom stereocenters. The van der Waals surface area contributed by atoms with Crippen molar-refractivity contribution in [3.8, 4) is 0 Å². The zero-order valence-corrected chi connectivity index (χ0v) is 12.8. The number of aromatic nitrogens is 2. The summed E-state index contributed by atoms with van der Waals surface area (Å²) >= 11 is 6.29. The lowest BCUT2D eigenvalue weighted by molar-refractivity contribution is 0.766. The third kappa shape index (κ3) is 2.16. The van der Waals surface area contributed by atoms with Gasteiger partial charge < -0.3 is 4.90 Å². The Morgan fingerprint density at radius 2 is 1.95 bits per heavy atom. The van der Waals surface area contributed by atoms with Crippen LogP contribution in [0.5, 0.6) is 0 Å². The summed E-state index contributed by atoms with van der Waals surface area (Å²) < 4.78 is 0. The number of rotatable bonds is 2. The van der Waals surface area contributed by atoms with Crippen LogP contribution < -0.4 is 4.90 Å². The van der Waals surface area contributed by atoms with Gasteiger partial charge in [-0.05, 0) is 25.0 Å². The maximum atomic E-state index is 6.29. The van der Waals surface area contributed by atoms with E-state index in [0.717, 1.165) is 30.2 Å². The van der Waals surface area contributed by atoms with E-state index >= 15 is 0 Å². The van der Waals surface area contributed by atoms with Crippen molar-refractivity contribution < 1.29 is 0 Å². The van der Waals surface area contributed by atoms with Crippen molar-refractivity contribution in [2.75, 3.05) is 11.4 Å². The Bertz CT molecular complexity index is 652. The predicted molar refractivity (Wildman–Crippen MR) is 83.0 cm³/mol. The molecule has 0 saturated heterocycles. The normalized spacial score (nSPS) is 13.9. The molecule has 0 saturated carbocycles. The molecule has 0 aliphatic carbocycles. The van der Waals surface area contributed by atoms with Crippen molar-refractivity contribution in [3.05, 3.63) is 46.4 Å². The summed E-state index contributed by atoms with van der Waals surface area (Å²) in [4.78, 5) is 11.4. The maximum Gasteiger partial charge on any atom is 0.141 e. The van der Waals surface area contributed by atoms with E-state index < -0.39 is 0 Å². The molecule has 0 N–H and O–H groups in total. The molecule has 0 bridgehead atoms. The van der Waals surface area contributed by atoms with Gasteiger partial charge in [-0.3, -0.25) is 0 Å². The van der Waals surface area contributed by atoms with Gasteiger partial charge in [-0.1, -0.05) is 43.6 Å². The van der Waals surface area contributed by atoms with Crippen molar-refractivity contribution >= 4 is 23.1 Å². The third-order valence-corrected chi connectivity index (χ3v) is 4.11. The van der Waals surface area contributed by atoms with Gasteiger partial charge in [-0.15, -0.1) is 0 Å². The molecule has 0 fully saturated rings. The molecular weight excluding hydrogens is 270 g/mol. The molecular formula is C16H18ClN3. The molecule has 2 aromatic rings. The molecule has 1 aliphatic heterocycles. The number of fused-ring (bicyclic) bond motifs is 1. The summed E-state index contributed by atoms with van der Waals surface area (Å²) in [5.74, 6) is 2.02. The Morgan fingerprint density at radius 3 is 2.70 bits per heavy atom. The van der Waals surface area contributed by atoms with Crippen LogP contribution in [0.4, 0.5) is 11.5 Å². The first kappa shape index (κ1) is 13.4. The average molecular weight is 288 g/mol. The van der Waals surface area contributed by atoms with Gasteiger partial charge in [-0.25, -0.2) is 9.97 Å². The van der Waals surface area contributed by atoms with Crippen molar-refractivity contribution in [1.82, 2.24) is 9.97 Å². The van der Waals surface area contributed by atoms with Crippen molar-refractivity contribution in [3.63, 3.8) is 0 Å². The molecule has 3 rings (SSSR count). The lowest BCUT2D eigenvalue weighted by Gasteiger charge is -2.22. The second-order valence-electron chi connectivity index (χ2n) is 5.51. The van der Waals surface area contributed by atoms with Gasteiger partial charge in [0, 0.05) is 23.7 Å². The first-order valence-electron chi connectivity index (χ1n) is 6.97. The molecule has 4 heteroatoms. The second-order valence-corrected chi connectivity index (χ2v) is 5.86. The Balaban J connectivity index is 2.12. The van der Waals surface area contributed by atoms with Gasteiger partial charge in [0.1, 0.15) is 16.8 Å². The second kappa shape index (κ2) is 5.06. The first-order chi connectivity index (χ1) is 9.58. The van der Waals surface area contributed by atoms with Gasteiger partial charge in [0.2, 0.25) is 0 Å². The van der Waals surface area contributed by atoms with Crippen molar-refractivity contribution in [2.24, 2.45) is 0 Å². The zero-order valence-electron chi connectivity index (χ0n) is 12.0. The number of para-hydroxylation sites is 1. The zero-order chi connectivity index (χ0) is 14.3. The van der Waals surface area contributed by atoms with Crippen LogP contribution in [0.2, 0.25) is 5.15 Å². The molecule has 1 aromatic carbocycles. The van der Waals surface area contributed by atoms with Gasteiger partial charge in [0.05, 0.1) is 0 Å². The standard InChI is InChI=1S/C16H18ClN3/c1-10(2)15-18-14(17)11(3)16(19-15)20-9-8-12-6-4-5-7-13(12)20/h4-7,10H,8-9H2,1-3H3. The van der Waals surface area contributed by atoms with E-state index in [4.69, 9.17) is 16.6 Å². The third-order valence-electron chi connectivity index (χ3n) is 3.74. The number of nitrogens with zero attached hydrogens (tertiary/aromatic N) is 3. The highest BCUT2D eigenvalue weighted by atomic mass is 35.5. The molecule has 0 spiro atoms. The highest BCUT2D eigenvalue weighted by molar-refractivity contribution is 6.30. The molecule has 0 atom stereocenters. The van der Waals surface area contributed by atoms with E-state index in [-0.39, 0.29) is 5.92 Å². The van der Waals surface area contributed by atoms with Crippen molar-refractivity contribution in [1.29, 1.82) is 0 Å². The summed E-state index contributed by atoms with van der Waals surface area (Å²) in [7, 11) is 0. The molecule has 3 nitrogen and oxygen atoms in total. The summed E-state index contributed by atoms with van der Waals surface area (Å²) in [6.45, 7) is 7.11. The number of hydrogen-bond acceptors (Lipinski definition) is 3. The highest BCUT2D eigenvalue weighted by Gasteiger charge is 2.24. The quantitative estimate of drug-likeness (QED) is 0.773. The van der Waals surface area contributed by atoms with Crippen LogP contribution in [0.1, 0.15) is 36.7 Å². The van der Waals surface area contributed by atoms with Gasteiger partial charge >= 0.3 is 0 Å². The Hall–Kier alpha value is -1.61. The summed E-state index contributed by atoms with van der Waals surface area (Å²) in [5, 5.41) is 0.558. The van der Waals surface area contributed by atoms with Crippen LogP contribution in [-0.4, -0.2) is 16.5 Å². The van der Waals surface area contributed by atoms with E-state index in [1.54, 1.807) is 0 Å². The van der Waals surface area contributed by atoms with Crippen LogP contribution in [0.15, 0.2) is 24.3 Å². The van der Waals surface area contributed by atoms with E-state index in [9.17, 15) is 0 Å². The van der Waals surface area contributed by atoms with Gasteiger partial charge in [-0.2, -0.15) is 0 Å². The summed E-state index contributed by atoms with van der Waals surface area (Å²) in [6.07, 6.45) is 1.05. The molecule has 0 radical (unpaired) electrons. The SMILES string of the molecule is Cc1c(Cl)nc(C(C)C)nc1N1CCc2ccccc21. The molecule has 2 heterocycles.